The van der Waals surface area contributed by atoms with Crippen LogP contribution < -0.4 is 4.74 Å². The van der Waals surface area contributed by atoms with Gasteiger partial charge < -0.3 is 4.74 Å². The molecule has 1 atom stereocenters. The fourth-order valence-corrected chi connectivity index (χ4v) is 1.98. The predicted molar refractivity (Wildman–Crippen MR) is 82.4 cm³/mol. The number of ketones is 2. The highest BCUT2D eigenvalue weighted by atomic mass is 35.5. The van der Waals surface area contributed by atoms with Crippen LogP contribution in [0.4, 0.5) is 14.5 Å². The lowest BCUT2D eigenvalue weighted by molar-refractivity contribution is -0.385. The number of hydrogen-bond donors (Lipinski definition) is 0. The highest BCUT2D eigenvalue weighted by Crippen LogP contribution is 2.32. The fourth-order valence-electron chi connectivity index (χ4n) is 1.89. The number of alkyl halides is 3. The number of nitriles is 1. The van der Waals surface area contributed by atoms with Gasteiger partial charge in [-0.25, -0.2) is 0 Å². The Morgan fingerprint density at radius 3 is 2.32 bits per heavy atom. The summed E-state index contributed by atoms with van der Waals surface area (Å²) in [5.74, 6) is -4.24. The molecule has 0 N–H and O–H groups in total. The molecule has 0 aliphatic heterocycles. The first-order valence-electron chi connectivity index (χ1n) is 6.80. The van der Waals surface area contributed by atoms with Gasteiger partial charge in [-0.05, 0) is 12.1 Å². The van der Waals surface area contributed by atoms with E-state index >= 15 is 0 Å². The molecular formula is C15H13ClF2N2O5. The van der Waals surface area contributed by atoms with E-state index in [1.165, 1.54) is 26.8 Å². The number of ether oxygens (including phenoxy) is 1. The SMILES string of the molecule is CC(C)(C)C(=O)C(C#N)C(=O)c1ccc(OC(F)(F)Cl)cc1[N+](=O)[O-]. The van der Waals surface area contributed by atoms with Gasteiger partial charge in [0.15, 0.2) is 17.5 Å². The summed E-state index contributed by atoms with van der Waals surface area (Å²) in [5, 5.41) is 20.3. The molecule has 10 heteroatoms. The van der Waals surface area contributed by atoms with Gasteiger partial charge in [0.2, 0.25) is 0 Å². The Hall–Kier alpha value is -2.60. The van der Waals surface area contributed by atoms with Crippen LogP contribution in [0.25, 0.3) is 0 Å². The molecule has 0 heterocycles. The second-order valence-corrected chi connectivity index (χ2v) is 6.46. The zero-order valence-corrected chi connectivity index (χ0v) is 14.1. The van der Waals surface area contributed by atoms with E-state index in [0.29, 0.717) is 6.07 Å². The number of nitrogens with zero attached hydrogens (tertiary/aromatic N) is 2. The van der Waals surface area contributed by atoms with Crippen LogP contribution in [0.5, 0.6) is 5.75 Å². The van der Waals surface area contributed by atoms with Crippen LogP contribution in [0.3, 0.4) is 0 Å². The molecular weight excluding hydrogens is 362 g/mol. The minimum atomic E-state index is -4.10. The summed E-state index contributed by atoms with van der Waals surface area (Å²) in [4.78, 5) is 34.7. The molecule has 1 unspecified atom stereocenters. The largest absolute Gasteiger partial charge is 0.487 e. The van der Waals surface area contributed by atoms with E-state index in [9.17, 15) is 28.5 Å². The van der Waals surface area contributed by atoms with E-state index in [4.69, 9.17) is 5.26 Å². The van der Waals surface area contributed by atoms with Gasteiger partial charge in [0.25, 0.3) is 5.69 Å². The van der Waals surface area contributed by atoms with Crippen molar-refractivity contribution in [2.24, 2.45) is 11.3 Å². The van der Waals surface area contributed by atoms with E-state index in [1.807, 2.05) is 0 Å². The van der Waals surface area contributed by atoms with E-state index in [1.54, 1.807) is 0 Å². The lowest BCUT2D eigenvalue weighted by Crippen LogP contribution is -2.33. The molecule has 0 bridgehead atoms. The summed E-state index contributed by atoms with van der Waals surface area (Å²) in [5.41, 5.74) is -6.59. The van der Waals surface area contributed by atoms with Crippen molar-refractivity contribution in [2.45, 2.75) is 26.3 Å². The van der Waals surface area contributed by atoms with Crippen LogP contribution in [0, 0.1) is 32.8 Å². The Morgan fingerprint density at radius 2 is 1.92 bits per heavy atom. The van der Waals surface area contributed by atoms with Crippen molar-refractivity contribution in [1.82, 2.24) is 0 Å². The number of carbonyl (C=O) groups is 2. The molecule has 0 aromatic heterocycles. The quantitative estimate of drug-likeness (QED) is 0.247. The minimum Gasteiger partial charge on any atom is -0.420 e. The zero-order valence-electron chi connectivity index (χ0n) is 13.4. The van der Waals surface area contributed by atoms with Crippen molar-refractivity contribution >= 4 is 28.9 Å². The average Bonchev–Trinajstić information content (AvgIpc) is 2.44. The number of carbonyl (C=O) groups excluding carboxylic acids is 2. The highest BCUT2D eigenvalue weighted by molar-refractivity contribution is 6.20. The number of benzene rings is 1. The molecule has 0 saturated heterocycles. The lowest BCUT2D eigenvalue weighted by atomic mass is 9.80. The molecule has 25 heavy (non-hydrogen) atoms. The maximum atomic E-state index is 12.6. The molecule has 1 aromatic carbocycles. The molecule has 0 spiro atoms. The predicted octanol–water partition coefficient (Wildman–Crippen LogP) is 3.70. The maximum absolute atomic E-state index is 12.6. The number of rotatable bonds is 6. The Labute approximate surface area is 146 Å². The van der Waals surface area contributed by atoms with Gasteiger partial charge in [0.05, 0.1) is 22.6 Å². The topological polar surface area (TPSA) is 110 Å². The molecule has 0 aliphatic rings. The third-order valence-electron chi connectivity index (χ3n) is 3.06. The van der Waals surface area contributed by atoms with Crippen molar-refractivity contribution in [3.05, 3.63) is 33.9 Å². The van der Waals surface area contributed by atoms with Gasteiger partial charge in [0, 0.05) is 17.0 Å². The Morgan fingerprint density at radius 1 is 1.36 bits per heavy atom. The third kappa shape index (κ3) is 5.19. The van der Waals surface area contributed by atoms with Crippen LogP contribution in [0.2, 0.25) is 0 Å². The number of hydrogen-bond acceptors (Lipinski definition) is 6. The zero-order chi connectivity index (χ0) is 19.6. The van der Waals surface area contributed by atoms with Crippen LogP contribution in [-0.4, -0.2) is 22.1 Å². The Balaban J connectivity index is 3.36. The summed E-state index contributed by atoms with van der Waals surface area (Å²) in [6.07, 6.45) is 0. The lowest BCUT2D eigenvalue weighted by Gasteiger charge is -2.19. The molecule has 0 fully saturated rings. The van der Waals surface area contributed by atoms with Gasteiger partial charge in [-0.3, -0.25) is 19.7 Å². The smallest absolute Gasteiger partial charge is 0.420 e. The Kier molecular flexibility index (Phi) is 5.81. The van der Waals surface area contributed by atoms with E-state index in [2.05, 4.69) is 16.3 Å². The van der Waals surface area contributed by atoms with Gasteiger partial charge in [0.1, 0.15) is 5.75 Å². The van der Waals surface area contributed by atoms with E-state index < -0.39 is 50.4 Å². The second-order valence-electron chi connectivity index (χ2n) is 6.02. The third-order valence-corrected chi connectivity index (χ3v) is 3.13. The highest BCUT2D eigenvalue weighted by Gasteiger charge is 2.38. The molecule has 0 aliphatic carbocycles. The van der Waals surface area contributed by atoms with Gasteiger partial charge in [-0.2, -0.15) is 5.26 Å². The fraction of sp³-hybridized carbons (Fsp3) is 0.400. The first-order valence-corrected chi connectivity index (χ1v) is 7.18. The molecule has 7 nitrogen and oxygen atoms in total. The minimum absolute atomic E-state index is 0.569. The summed E-state index contributed by atoms with van der Waals surface area (Å²) < 4.78 is 29.3. The molecule has 1 rings (SSSR count). The van der Waals surface area contributed by atoms with Crippen LogP contribution in [0.15, 0.2) is 18.2 Å². The molecule has 0 radical (unpaired) electrons. The second kappa shape index (κ2) is 7.11. The first kappa shape index (κ1) is 20.4. The van der Waals surface area contributed by atoms with Gasteiger partial charge in [-0.1, -0.05) is 20.8 Å². The molecule has 0 saturated carbocycles. The average molecular weight is 375 g/mol. The Bertz CT molecular complexity index is 763. The van der Waals surface area contributed by atoms with Crippen molar-refractivity contribution in [3.8, 4) is 11.8 Å². The van der Waals surface area contributed by atoms with Crippen LogP contribution in [-0.2, 0) is 4.79 Å². The maximum Gasteiger partial charge on any atom is 0.487 e. The number of nitro benzene ring substituents is 1. The first-order chi connectivity index (χ1) is 11.3. The van der Waals surface area contributed by atoms with Gasteiger partial charge in [-0.15, -0.1) is 8.78 Å². The molecule has 0 amide bonds. The summed E-state index contributed by atoms with van der Waals surface area (Å²) in [6, 6.07) is 3.79. The number of halogens is 3. The molecule has 134 valence electrons. The number of Topliss-reactive ketones (excluding diaryl/α,β-unsaturated/α-hetero) is 2. The normalized spacial score (nSPS) is 12.8. The summed E-state index contributed by atoms with van der Waals surface area (Å²) in [7, 11) is 0. The standard InChI is InChI=1S/C15H13ClF2N2O5/c1-14(2,3)13(22)10(7-19)12(21)9-5-4-8(25-15(16,17)18)6-11(9)20(23)24/h4-6,10H,1-3H3. The number of nitro groups is 1. The van der Waals surface area contributed by atoms with Crippen molar-refractivity contribution < 1.29 is 28.0 Å². The van der Waals surface area contributed by atoms with E-state index in [0.717, 1.165) is 12.1 Å². The van der Waals surface area contributed by atoms with Crippen molar-refractivity contribution in [1.29, 1.82) is 5.26 Å². The van der Waals surface area contributed by atoms with Crippen molar-refractivity contribution in [3.63, 3.8) is 0 Å². The van der Waals surface area contributed by atoms with Gasteiger partial charge >= 0.3 is 5.57 Å². The van der Waals surface area contributed by atoms with Crippen LogP contribution in [0.1, 0.15) is 31.1 Å². The van der Waals surface area contributed by atoms with Crippen molar-refractivity contribution in [2.75, 3.05) is 0 Å². The van der Waals surface area contributed by atoms with E-state index in [-0.39, 0.29) is 0 Å². The summed E-state index contributed by atoms with van der Waals surface area (Å²) in [6.45, 7) is 4.46. The summed E-state index contributed by atoms with van der Waals surface area (Å²) >= 11 is 4.59. The monoisotopic (exact) mass is 374 g/mol. The molecule has 1 aromatic rings. The van der Waals surface area contributed by atoms with Crippen LogP contribution >= 0.6 is 11.6 Å².